The molecule has 0 radical (unpaired) electrons. The average molecular weight is 204 g/mol. The van der Waals surface area contributed by atoms with Gasteiger partial charge in [-0.25, -0.2) is 4.79 Å². The molecule has 0 saturated carbocycles. The van der Waals surface area contributed by atoms with E-state index in [4.69, 9.17) is 9.99 Å². The predicted molar refractivity (Wildman–Crippen MR) is 52.5 cm³/mol. The van der Waals surface area contributed by atoms with E-state index in [2.05, 4.69) is 4.89 Å². The van der Waals surface area contributed by atoms with Gasteiger partial charge in [0.15, 0.2) is 0 Å². The molecule has 84 valence electrons. The summed E-state index contributed by atoms with van der Waals surface area (Å²) in [5, 5.41) is 8.50. The molecule has 14 heavy (non-hydrogen) atoms. The van der Waals surface area contributed by atoms with Crippen LogP contribution in [0.3, 0.4) is 0 Å². The van der Waals surface area contributed by atoms with Crippen LogP contribution in [-0.2, 0) is 14.6 Å². The van der Waals surface area contributed by atoms with Gasteiger partial charge in [-0.15, -0.1) is 0 Å². The van der Waals surface area contributed by atoms with E-state index in [-0.39, 0.29) is 12.6 Å². The summed E-state index contributed by atoms with van der Waals surface area (Å²) in [6.07, 6.45) is 2.64. The first kappa shape index (κ1) is 13.4. The Hall–Kier alpha value is -0.610. The number of carbonyl (C=O) groups excluding carboxylic acids is 1. The second-order valence-corrected chi connectivity index (χ2v) is 4.19. The van der Waals surface area contributed by atoms with Gasteiger partial charge in [-0.2, -0.15) is 4.89 Å². The molecule has 0 aliphatic rings. The molecule has 0 heterocycles. The molecule has 0 unspecified atom stereocenters. The van der Waals surface area contributed by atoms with Crippen LogP contribution in [-0.4, -0.2) is 23.3 Å². The first-order valence-electron chi connectivity index (χ1n) is 4.95. The molecule has 0 atom stereocenters. The van der Waals surface area contributed by atoms with Crippen molar-refractivity contribution in [2.24, 2.45) is 0 Å². The maximum absolute atomic E-state index is 11.0. The van der Waals surface area contributed by atoms with Crippen LogP contribution in [0.25, 0.3) is 0 Å². The quantitative estimate of drug-likeness (QED) is 0.407. The second-order valence-electron chi connectivity index (χ2n) is 4.19. The summed E-state index contributed by atoms with van der Waals surface area (Å²) in [5.74, 6) is -0.349. The summed E-state index contributed by atoms with van der Waals surface area (Å²) in [6, 6.07) is 0. The SMILES string of the molecule is CC(C)(C)OOC(=O)CCCCCO. The molecule has 0 aromatic heterocycles. The molecule has 0 fully saturated rings. The number of hydrogen-bond acceptors (Lipinski definition) is 4. The van der Waals surface area contributed by atoms with Gasteiger partial charge in [0.25, 0.3) is 0 Å². The first-order valence-corrected chi connectivity index (χ1v) is 4.95. The number of hydrogen-bond donors (Lipinski definition) is 1. The number of aliphatic hydroxyl groups is 1. The molecule has 0 rings (SSSR count). The Bertz CT molecular complexity index is 160. The standard InChI is InChI=1S/C10H20O4/c1-10(2,3)14-13-9(12)7-5-4-6-8-11/h11H,4-8H2,1-3H3. The molecule has 4 heteroatoms. The van der Waals surface area contributed by atoms with Crippen molar-refractivity contribution in [3.8, 4) is 0 Å². The van der Waals surface area contributed by atoms with Crippen molar-refractivity contribution in [2.75, 3.05) is 6.61 Å². The van der Waals surface area contributed by atoms with Crippen LogP contribution in [0.4, 0.5) is 0 Å². The van der Waals surface area contributed by atoms with E-state index in [1.807, 2.05) is 20.8 Å². The number of rotatable bonds is 6. The van der Waals surface area contributed by atoms with Crippen LogP contribution in [0, 0.1) is 0 Å². The fraction of sp³-hybridized carbons (Fsp3) is 0.900. The van der Waals surface area contributed by atoms with Crippen LogP contribution < -0.4 is 0 Å². The summed E-state index contributed by atoms with van der Waals surface area (Å²) in [4.78, 5) is 20.5. The van der Waals surface area contributed by atoms with Gasteiger partial charge in [0.2, 0.25) is 0 Å². The molecular weight excluding hydrogens is 184 g/mol. The molecule has 0 aromatic rings. The van der Waals surface area contributed by atoms with E-state index in [1.54, 1.807) is 0 Å². The third-order valence-corrected chi connectivity index (χ3v) is 1.42. The van der Waals surface area contributed by atoms with Gasteiger partial charge in [0.05, 0.1) is 0 Å². The molecule has 0 spiro atoms. The number of aliphatic hydroxyl groups excluding tert-OH is 1. The minimum Gasteiger partial charge on any atom is -0.396 e. The number of unbranched alkanes of at least 4 members (excludes halogenated alkanes) is 2. The average Bonchev–Trinajstić information content (AvgIpc) is 2.08. The third kappa shape index (κ3) is 9.48. The van der Waals surface area contributed by atoms with Gasteiger partial charge in [-0.05, 0) is 33.6 Å². The van der Waals surface area contributed by atoms with Gasteiger partial charge in [0.1, 0.15) is 5.60 Å². The van der Waals surface area contributed by atoms with Crippen molar-refractivity contribution in [1.82, 2.24) is 0 Å². The zero-order chi connectivity index (χ0) is 11.0. The van der Waals surface area contributed by atoms with E-state index in [9.17, 15) is 4.79 Å². The fourth-order valence-corrected chi connectivity index (χ4v) is 0.771. The minimum atomic E-state index is -0.458. The normalized spacial score (nSPS) is 11.4. The van der Waals surface area contributed by atoms with Gasteiger partial charge in [0, 0.05) is 13.0 Å². The van der Waals surface area contributed by atoms with Crippen molar-refractivity contribution >= 4 is 5.97 Å². The Labute approximate surface area is 85.1 Å². The van der Waals surface area contributed by atoms with Gasteiger partial charge >= 0.3 is 5.97 Å². The van der Waals surface area contributed by atoms with Crippen LogP contribution in [0.1, 0.15) is 46.5 Å². The highest BCUT2D eigenvalue weighted by atomic mass is 17.2. The lowest BCUT2D eigenvalue weighted by Crippen LogP contribution is -2.21. The molecule has 0 amide bonds. The summed E-state index contributed by atoms with van der Waals surface area (Å²) in [7, 11) is 0. The fourth-order valence-electron chi connectivity index (χ4n) is 0.771. The molecule has 0 aromatic carbocycles. The lowest BCUT2D eigenvalue weighted by atomic mass is 10.2. The summed E-state index contributed by atoms with van der Waals surface area (Å²) in [5.41, 5.74) is -0.458. The summed E-state index contributed by atoms with van der Waals surface area (Å²) < 4.78 is 0. The van der Waals surface area contributed by atoms with Gasteiger partial charge in [-0.3, -0.25) is 4.89 Å². The van der Waals surface area contributed by atoms with E-state index < -0.39 is 5.60 Å². The van der Waals surface area contributed by atoms with Crippen LogP contribution in [0.5, 0.6) is 0 Å². The van der Waals surface area contributed by atoms with E-state index in [0.717, 1.165) is 19.3 Å². The monoisotopic (exact) mass is 204 g/mol. The van der Waals surface area contributed by atoms with Crippen molar-refractivity contribution in [2.45, 2.75) is 52.1 Å². The lowest BCUT2D eigenvalue weighted by Gasteiger charge is -2.16. The molecule has 0 aliphatic heterocycles. The highest BCUT2D eigenvalue weighted by Gasteiger charge is 2.14. The molecule has 0 bridgehead atoms. The highest BCUT2D eigenvalue weighted by molar-refractivity contribution is 5.68. The van der Waals surface area contributed by atoms with Crippen LogP contribution in [0.2, 0.25) is 0 Å². The van der Waals surface area contributed by atoms with Crippen LogP contribution >= 0.6 is 0 Å². The largest absolute Gasteiger partial charge is 0.396 e. The topological polar surface area (TPSA) is 55.8 Å². The van der Waals surface area contributed by atoms with Crippen LogP contribution in [0.15, 0.2) is 0 Å². The third-order valence-electron chi connectivity index (χ3n) is 1.42. The Morgan fingerprint density at radius 1 is 1.21 bits per heavy atom. The molecule has 0 aliphatic carbocycles. The van der Waals surface area contributed by atoms with E-state index in [1.165, 1.54) is 0 Å². The zero-order valence-corrected chi connectivity index (χ0v) is 9.21. The maximum atomic E-state index is 11.0. The van der Waals surface area contributed by atoms with Crippen molar-refractivity contribution in [3.63, 3.8) is 0 Å². The highest BCUT2D eigenvalue weighted by Crippen LogP contribution is 2.09. The Morgan fingerprint density at radius 2 is 1.86 bits per heavy atom. The van der Waals surface area contributed by atoms with Gasteiger partial charge < -0.3 is 5.11 Å². The predicted octanol–water partition coefficient (Wildman–Crippen LogP) is 1.81. The van der Waals surface area contributed by atoms with E-state index >= 15 is 0 Å². The molecule has 4 nitrogen and oxygen atoms in total. The summed E-state index contributed by atoms with van der Waals surface area (Å²) in [6.45, 7) is 5.61. The van der Waals surface area contributed by atoms with E-state index in [0.29, 0.717) is 6.42 Å². The van der Waals surface area contributed by atoms with Crippen molar-refractivity contribution in [3.05, 3.63) is 0 Å². The van der Waals surface area contributed by atoms with Crippen molar-refractivity contribution < 1.29 is 19.7 Å². The first-order chi connectivity index (χ1) is 6.45. The molecule has 0 saturated heterocycles. The molecule has 1 N–H and O–H groups in total. The number of carbonyl (C=O) groups is 1. The zero-order valence-electron chi connectivity index (χ0n) is 9.21. The molecular formula is C10H20O4. The Balaban J connectivity index is 3.38. The lowest BCUT2D eigenvalue weighted by molar-refractivity contribution is -0.320. The van der Waals surface area contributed by atoms with Crippen molar-refractivity contribution in [1.29, 1.82) is 0 Å². The Kier molecular flexibility index (Phi) is 6.49. The smallest absolute Gasteiger partial charge is 0.342 e. The maximum Gasteiger partial charge on any atom is 0.342 e. The van der Waals surface area contributed by atoms with Gasteiger partial charge in [-0.1, -0.05) is 6.42 Å². The Morgan fingerprint density at radius 3 is 2.36 bits per heavy atom. The second kappa shape index (κ2) is 6.79. The summed E-state index contributed by atoms with van der Waals surface area (Å²) >= 11 is 0. The minimum absolute atomic E-state index is 0.174.